The summed E-state index contributed by atoms with van der Waals surface area (Å²) in [5, 5.41) is 3.08. The van der Waals surface area contributed by atoms with Crippen molar-refractivity contribution in [2.24, 2.45) is 0 Å². The minimum atomic E-state index is -0.342. The van der Waals surface area contributed by atoms with Crippen LogP contribution in [0.25, 0.3) is 0 Å². The summed E-state index contributed by atoms with van der Waals surface area (Å²) in [6, 6.07) is 3.12. The molecule has 134 valence electrons. The molecule has 0 aliphatic heterocycles. The number of nitrogens with zero attached hydrogens (tertiary/aromatic N) is 1. The van der Waals surface area contributed by atoms with Gasteiger partial charge in [-0.1, -0.05) is 11.6 Å². The quantitative estimate of drug-likeness (QED) is 0.685. The molecule has 1 aromatic carbocycles. The Morgan fingerprint density at radius 2 is 1.83 bits per heavy atom. The van der Waals surface area contributed by atoms with Gasteiger partial charge in [0.2, 0.25) is 11.8 Å². The van der Waals surface area contributed by atoms with Crippen LogP contribution < -0.4 is 14.8 Å². The first-order valence-electron chi connectivity index (χ1n) is 7.38. The molecular formula is C16H23ClN2O5. The van der Waals surface area contributed by atoms with E-state index in [2.05, 4.69) is 5.32 Å². The van der Waals surface area contributed by atoms with E-state index >= 15 is 0 Å². The number of halogens is 1. The largest absolute Gasteiger partial charge is 0.495 e. The number of hydrogen-bond acceptors (Lipinski definition) is 5. The Labute approximate surface area is 146 Å². The van der Waals surface area contributed by atoms with Crippen LogP contribution in [0.2, 0.25) is 5.02 Å². The predicted octanol–water partition coefficient (Wildman–Crippen LogP) is 2.18. The summed E-state index contributed by atoms with van der Waals surface area (Å²) in [7, 11) is 4.54. The van der Waals surface area contributed by atoms with E-state index in [0.29, 0.717) is 41.8 Å². The van der Waals surface area contributed by atoms with Gasteiger partial charge in [-0.05, 0) is 6.42 Å². The average Bonchev–Trinajstić information content (AvgIpc) is 2.55. The lowest BCUT2D eigenvalue weighted by Crippen LogP contribution is -2.37. The van der Waals surface area contributed by atoms with E-state index in [0.717, 1.165) is 0 Å². The molecule has 24 heavy (non-hydrogen) atoms. The SMILES string of the molecule is COCCCN(CC(=O)Nc1cc(OC)c(Cl)cc1OC)C(C)=O. The molecule has 0 heterocycles. The minimum absolute atomic E-state index is 0.0624. The predicted molar refractivity (Wildman–Crippen MR) is 91.9 cm³/mol. The van der Waals surface area contributed by atoms with Crippen LogP contribution in [0.3, 0.4) is 0 Å². The summed E-state index contributed by atoms with van der Waals surface area (Å²) in [5.74, 6) is 0.298. The molecule has 0 fully saturated rings. The summed E-state index contributed by atoms with van der Waals surface area (Å²) in [6.07, 6.45) is 0.654. The van der Waals surface area contributed by atoms with Crippen molar-refractivity contribution < 1.29 is 23.8 Å². The zero-order valence-corrected chi connectivity index (χ0v) is 15.1. The van der Waals surface area contributed by atoms with Gasteiger partial charge in [-0.25, -0.2) is 0 Å². The number of carbonyl (C=O) groups excluding carboxylic acids is 2. The van der Waals surface area contributed by atoms with Crippen LogP contribution in [-0.2, 0) is 14.3 Å². The van der Waals surface area contributed by atoms with Gasteiger partial charge in [0.25, 0.3) is 0 Å². The molecule has 0 unspecified atom stereocenters. The second kappa shape index (κ2) is 10.00. The van der Waals surface area contributed by atoms with E-state index in [1.807, 2.05) is 0 Å². The number of anilines is 1. The molecule has 0 spiro atoms. The van der Waals surface area contributed by atoms with E-state index in [-0.39, 0.29) is 18.4 Å². The number of methoxy groups -OCH3 is 3. The zero-order valence-electron chi connectivity index (χ0n) is 14.3. The fraction of sp³-hybridized carbons (Fsp3) is 0.500. The van der Waals surface area contributed by atoms with Crippen LogP contribution in [0, 0.1) is 0 Å². The first-order valence-corrected chi connectivity index (χ1v) is 7.76. The molecule has 0 saturated heterocycles. The van der Waals surface area contributed by atoms with Gasteiger partial charge < -0.3 is 24.4 Å². The van der Waals surface area contributed by atoms with Gasteiger partial charge >= 0.3 is 0 Å². The maximum absolute atomic E-state index is 12.2. The second-order valence-electron chi connectivity index (χ2n) is 5.02. The van der Waals surface area contributed by atoms with Crippen LogP contribution in [0.1, 0.15) is 13.3 Å². The summed E-state index contributed by atoms with van der Waals surface area (Å²) >= 11 is 6.03. The van der Waals surface area contributed by atoms with Crippen LogP contribution in [0.5, 0.6) is 11.5 Å². The van der Waals surface area contributed by atoms with E-state index in [9.17, 15) is 9.59 Å². The first kappa shape index (κ1) is 20.1. The molecule has 0 aliphatic rings. The van der Waals surface area contributed by atoms with Gasteiger partial charge in [0.1, 0.15) is 11.5 Å². The lowest BCUT2D eigenvalue weighted by atomic mass is 10.2. The van der Waals surface area contributed by atoms with Crippen molar-refractivity contribution in [2.45, 2.75) is 13.3 Å². The van der Waals surface area contributed by atoms with Crippen molar-refractivity contribution >= 4 is 29.1 Å². The smallest absolute Gasteiger partial charge is 0.244 e. The minimum Gasteiger partial charge on any atom is -0.495 e. The molecule has 0 aliphatic carbocycles. The van der Waals surface area contributed by atoms with Gasteiger partial charge in [0.05, 0.1) is 31.5 Å². The van der Waals surface area contributed by atoms with Crippen molar-refractivity contribution in [3.63, 3.8) is 0 Å². The van der Waals surface area contributed by atoms with Crippen molar-refractivity contribution in [3.05, 3.63) is 17.2 Å². The monoisotopic (exact) mass is 358 g/mol. The highest BCUT2D eigenvalue weighted by Gasteiger charge is 2.16. The Hall–Kier alpha value is -1.99. The first-order chi connectivity index (χ1) is 11.4. The Balaban J connectivity index is 2.80. The van der Waals surface area contributed by atoms with Gasteiger partial charge in [0, 0.05) is 39.3 Å². The van der Waals surface area contributed by atoms with Crippen molar-refractivity contribution in [3.8, 4) is 11.5 Å². The summed E-state index contributed by atoms with van der Waals surface area (Å²) in [5.41, 5.74) is 0.421. The maximum Gasteiger partial charge on any atom is 0.244 e. The number of amides is 2. The number of benzene rings is 1. The van der Waals surface area contributed by atoms with Crippen LogP contribution in [0.15, 0.2) is 12.1 Å². The highest BCUT2D eigenvalue weighted by molar-refractivity contribution is 6.32. The Morgan fingerprint density at radius 1 is 1.17 bits per heavy atom. The molecule has 2 amide bonds. The summed E-state index contributed by atoms with van der Waals surface area (Å²) in [6.45, 7) is 2.32. The van der Waals surface area contributed by atoms with Gasteiger partial charge in [-0.2, -0.15) is 0 Å². The topological polar surface area (TPSA) is 77.1 Å². The average molecular weight is 359 g/mol. The van der Waals surface area contributed by atoms with E-state index < -0.39 is 0 Å². The highest BCUT2D eigenvalue weighted by atomic mass is 35.5. The van der Waals surface area contributed by atoms with Gasteiger partial charge in [-0.15, -0.1) is 0 Å². The molecule has 7 nitrogen and oxygen atoms in total. The van der Waals surface area contributed by atoms with Crippen LogP contribution >= 0.6 is 11.6 Å². The molecule has 1 N–H and O–H groups in total. The van der Waals surface area contributed by atoms with E-state index in [1.165, 1.54) is 26.0 Å². The van der Waals surface area contributed by atoms with E-state index in [4.69, 9.17) is 25.8 Å². The fourth-order valence-electron chi connectivity index (χ4n) is 2.07. The summed E-state index contributed by atoms with van der Waals surface area (Å²) < 4.78 is 15.3. The zero-order chi connectivity index (χ0) is 18.1. The number of carbonyl (C=O) groups is 2. The Bertz CT molecular complexity index is 580. The number of rotatable bonds is 9. The molecule has 1 rings (SSSR count). The molecular weight excluding hydrogens is 336 g/mol. The third-order valence-corrected chi connectivity index (χ3v) is 3.60. The molecule has 8 heteroatoms. The van der Waals surface area contributed by atoms with Gasteiger partial charge in [-0.3, -0.25) is 9.59 Å². The number of hydrogen-bond donors (Lipinski definition) is 1. The van der Waals surface area contributed by atoms with Crippen molar-refractivity contribution in [1.82, 2.24) is 4.90 Å². The molecule has 0 radical (unpaired) electrons. The summed E-state index contributed by atoms with van der Waals surface area (Å²) in [4.78, 5) is 25.3. The second-order valence-corrected chi connectivity index (χ2v) is 5.43. The third kappa shape index (κ3) is 5.90. The Morgan fingerprint density at radius 3 is 2.38 bits per heavy atom. The Kier molecular flexibility index (Phi) is 8.35. The number of nitrogens with one attached hydrogen (secondary N) is 1. The lowest BCUT2D eigenvalue weighted by molar-refractivity contribution is -0.132. The van der Waals surface area contributed by atoms with Gasteiger partial charge in [0.15, 0.2) is 0 Å². The van der Waals surface area contributed by atoms with Crippen LogP contribution in [0.4, 0.5) is 5.69 Å². The molecule has 0 bridgehead atoms. The third-order valence-electron chi connectivity index (χ3n) is 3.30. The molecule has 0 atom stereocenters. The van der Waals surface area contributed by atoms with Crippen molar-refractivity contribution in [1.29, 1.82) is 0 Å². The van der Waals surface area contributed by atoms with Crippen LogP contribution in [-0.4, -0.2) is 57.7 Å². The van der Waals surface area contributed by atoms with E-state index in [1.54, 1.807) is 19.2 Å². The normalized spacial score (nSPS) is 10.2. The number of ether oxygens (including phenoxy) is 3. The standard InChI is InChI=1S/C16H23ClN2O5/c1-11(20)19(6-5-7-22-2)10-16(21)18-13-9-14(23-3)12(17)8-15(13)24-4/h8-9H,5-7,10H2,1-4H3,(H,18,21). The molecule has 0 saturated carbocycles. The molecule has 1 aromatic rings. The molecule has 0 aromatic heterocycles. The van der Waals surface area contributed by atoms with Crippen molar-refractivity contribution in [2.75, 3.05) is 46.3 Å². The maximum atomic E-state index is 12.2. The fourth-order valence-corrected chi connectivity index (χ4v) is 2.30. The highest BCUT2D eigenvalue weighted by Crippen LogP contribution is 2.35. The lowest BCUT2D eigenvalue weighted by Gasteiger charge is -2.21.